The molecule has 3 aliphatic rings. The largest absolute Gasteiger partial charge is 0.338 e. The number of amides is 1. The summed E-state index contributed by atoms with van der Waals surface area (Å²) < 4.78 is 0. The standard InChI is InChI=1S/C15H26N2O/c18-15(9-6-12-3-1-4-12)17(14-7-8-14)11-13-5-2-10-16-13/h12-14,16H,1-11H2/t13-/m1/s1. The fourth-order valence-electron chi connectivity index (χ4n) is 3.24. The van der Waals surface area contributed by atoms with Gasteiger partial charge in [0.1, 0.15) is 0 Å². The molecule has 0 radical (unpaired) electrons. The van der Waals surface area contributed by atoms with Crippen molar-refractivity contribution < 1.29 is 4.79 Å². The third kappa shape index (κ3) is 3.05. The molecule has 3 nitrogen and oxygen atoms in total. The van der Waals surface area contributed by atoms with Crippen LogP contribution in [0.5, 0.6) is 0 Å². The van der Waals surface area contributed by atoms with Gasteiger partial charge in [0.15, 0.2) is 0 Å². The highest BCUT2D eigenvalue weighted by Gasteiger charge is 2.34. The maximum atomic E-state index is 12.4. The first-order valence-electron chi connectivity index (χ1n) is 7.86. The van der Waals surface area contributed by atoms with Gasteiger partial charge in [-0.05, 0) is 44.6 Å². The van der Waals surface area contributed by atoms with Gasteiger partial charge in [0.25, 0.3) is 0 Å². The third-order valence-corrected chi connectivity index (χ3v) is 4.88. The molecule has 3 heteroatoms. The van der Waals surface area contributed by atoms with Crippen LogP contribution in [0.4, 0.5) is 0 Å². The van der Waals surface area contributed by atoms with Crippen molar-refractivity contribution in [3.63, 3.8) is 0 Å². The fraction of sp³-hybridized carbons (Fsp3) is 0.933. The van der Waals surface area contributed by atoms with Crippen molar-refractivity contribution in [2.45, 2.75) is 69.9 Å². The van der Waals surface area contributed by atoms with E-state index in [9.17, 15) is 4.79 Å². The van der Waals surface area contributed by atoms with Crippen molar-refractivity contribution >= 4 is 5.91 Å². The Kier molecular flexibility index (Phi) is 3.88. The van der Waals surface area contributed by atoms with Gasteiger partial charge in [-0.3, -0.25) is 4.79 Å². The van der Waals surface area contributed by atoms with E-state index < -0.39 is 0 Å². The summed E-state index contributed by atoms with van der Waals surface area (Å²) >= 11 is 0. The van der Waals surface area contributed by atoms with Crippen LogP contribution in [-0.4, -0.2) is 36.0 Å². The topological polar surface area (TPSA) is 32.3 Å². The second kappa shape index (κ2) is 5.60. The highest BCUT2D eigenvalue weighted by Crippen LogP contribution is 2.32. The zero-order valence-electron chi connectivity index (χ0n) is 11.4. The lowest BCUT2D eigenvalue weighted by atomic mass is 9.82. The minimum Gasteiger partial charge on any atom is -0.338 e. The minimum absolute atomic E-state index is 0.429. The molecular formula is C15H26N2O. The number of hydrogen-bond donors (Lipinski definition) is 1. The molecule has 0 aromatic heterocycles. The Hall–Kier alpha value is -0.570. The molecule has 0 bridgehead atoms. The average Bonchev–Trinajstić information content (AvgIpc) is 3.01. The van der Waals surface area contributed by atoms with Crippen LogP contribution in [-0.2, 0) is 4.79 Å². The Morgan fingerprint density at radius 1 is 1.11 bits per heavy atom. The summed E-state index contributed by atoms with van der Waals surface area (Å²) in [5.74, 6) is 1.29. The maximum Gasteiger partial charge on any atom is 0.222 e. The molecule has 0 spiro atoms. The van der Waals surface area contributed by atoms with E-state index in [2.05, 4.69) is 10.2 Å². The Labute approximate surface area is 110 Å². The molecule has 0 aromatic carbocycles. The number of hydrogen-bond acceptors (Lipinski definition) is 2. The van der Waals surface area contributed by atoms with E-state index in [0.29, 0.717) is 18.0 Å². The Morgan fingerprint density at radius 3 is 2.50 bits per heavy atom. The molecule has 1 atom stereocenters. The smallest absolute Gasteiger partial charge is 0.222 e. The van der Waals surface area contributed by atoms with E-state index in [0.717, 1.165) is 31.8 Å². The predicted molar refractivity (Wildman–Crippen MR) is 72.3 cm³/mol. The Bertz CT molecular complexity index is 291. The molecule has 0 aromatic rings. The van der Waals surface area contributed by atoms with Crippen LogP contribution < -0.4 is 5.32 Å². The van der Waals surface area contributed by atoms with Crippen molar-refractivity contribution in [1.29, 1.82) is 0 Å². The van der Waals surface area contributed by atoms with Gasteiger partial charge in [-0.25, -0.2) is 0 Å². The molecule has 102 valence electrons. The van der Waals surface area contributed by atoms with Crippen LogP contribution in [0.2, 0.25) is 0 Å². The van der Waals surface area contributed by atoms with E-state index in [-0.39, 0.29) is 0 Å². The van der Waals surface area contributed by atoms with E-state index in [4.69, 9.17) is 0 Å². The van der Waals surface area contributed by atoms with E-state index in [1.165, 1.54) is 44.9 Å². The zero-order chi connectivity index (χ0) is 12.4. The van der Waals surface area contributed by atoms with Crippen molar-refractivity contribution in [1.82, 2.24) is 10.2 Å². The summed E-state index contributed by atoms with van der Waals surface area (Å²) in [6.45, 7) is 2.10. The van der Waals surface area contributed by atoms with Crippen molar-refractivity contribution in [3.05, 3.63) is 0 Å². The number of nitrogens with zero attached hydrogens (tertiary/aromatic N) is 1. The quantitative estimate of drug-likeness (QED) is 0.784. The molecule has 3 fully saturated rings. The van der Waals surface area contributed by atoms with Crippen molar-refractivity contribution in [2.75, 3.05) is 13.1 Å². The molecule has 18 heavy (non-hydrogen) atoms. The van der Waals surface area contributed by atoms with Gasteiger partial charge < -0.3 is 10.2 Å². The SMILES string of the molecule is O=C(CCC1CCC1)N(C[C@H]1CCCN1)C1CC1. The van der Waals surface area contributed by atoms with Crippen LogP contribution in [0.25, 0.3) is 0 Å². The average molecular weight is 250 g/mol. The van der Waals surface area contributed by atoms with Crippen LogP contribution in [0, 0.1) is 5.92 Å². The lowest BCUT2D eigenvalue weighted by Gasteiger charge is -2.29. The highest BCUT2D eigenvalue weighted by atomic mass is 16.2. The molecule has 1 amide bonds. The van der Waals surface area contributed by atoms with Gasteiger partial charge in [0.2, 0.25) is 5.91 Å². The van der Waals surface area contributed by atoms with Gasteiger partial charge in [0.05, 0.1) is 0 Å². The zero-order valence-corrected chi connectivity index (χ0v) is 11.4. The van der Waals surface area contributed by atoms with Crippen LogP contribution in [0.3, 0.4) is 0 Å². The van der Waals surface area contributed by atoms with Gasteiger partial charge in [-0.1, -0.05) is 19.3 Å². The summed E-state index contributed by atoms with van der Waals surface area (Å²) in [5, 5.41) is 3.52. The van der Waals surface area contributed by atoms with Crippen LogP contribution >= 0.6 is 0 Å². The predicted octanol–water partition coefficient (Wildman–Crippen LogP) is 2.31. The van der Waals surface area contributed by atoms with Gasteiger partial charge in [0, 0.05) is 25.0 Å². The third-order valence-electron chi connectivity index (χ3n) is 4.88. The first kappa shape index (κ1) is 12.5. The number of nitrogens with one attached hydrogen (secondary N) is 1. The monoisotopic (exact) mass is 250 g/mol. The molecule has 1 aliphatic heterocycles. The molecule has 1 heterocycles. The molecular weight excluding hydrogens is 224 g/mol. The second-order valence-electron chi connectivity index (χ2n) is 6.41. The van der Waals surface area contributed by atoms with E-state index in [1.54, 1.807) is 0 Å². The van der Waals surface area contributed by atoms with E-state index >= 15 is 0 Å². The molecule has 2 saturated carbocycles. The minimum atomic E-state index is 0.429. The summed E-state index contributed by atoms with van der Waals surface area (Å²) in [6.07, 6.45) is 11.1. The molecule has 2 aliphatic carbocycles. The first-order chi connectivity index (χ1) is 8.83. The lowest BCUT2D eigenvalue weighted by Crippen LogP contribution is -2.42. The van der Waals surface area contributed by atoms with Gasteiger partial charge in [-0.15, -0.1) is 0 Å². The second-order valence-corrected chi connectivity index (χ2v) is 6.41. The summed E-state index contributed by atoms with van der Waals surface area (Å²) in [4.78, 5) is 14.6. The molecule has 3 rings (SSSR count). The van der Waals surface area contributed by atoms with Crippen molar-refractivity contribution in [2.24, 2.45) is 5.92 Å². The Morgan fingerprint density at radius 2 is 1.94 bits per heavy atom. The fourth-order valence-corrected chi connectivity index (χ4v) is 3.24. The van der Waals surface area contributed by atoms with Crippen molar-refractivity contribution in [3.8, 4) is 0 Å². The summed E-state index contributed by atoms with van der Waals surface area (Å²) in [6, 6.07) is 1.15. The molecule has 1 N–H and O–H groups in total. The highest BCUT2D eigenvalue weighted by molar-refractivity contribution is 5.77. The van der Waals surface area contributed by atoms with Crippen LogP contribution in [0.15, 0.2) is 0 Å². The molecule has 0 unspecified atom stereocenters. The van der Waals surface area contributed by atoms with Gasteiger partial charge >= 0.3 is 0 Å². The Balaban J connectivity index is 1.46. The number of rotatable bonds is 6. The summed E-state index contributed by atoms with van der Waals surface area (Å²) in [7, 11) is 0. The lowest BCUT2D eigenvalue weighted by molar-refractivity contribution is -0.132. The number of carbonyl (C=O) groups is 1. The molecule has 1 saturated heterocycles. The van der Waals surface area contributed by atoms with Crippen LogP contribution in [0.1, 0.15) is 57.8 Å². The van der Waals surface area contributed by atoms with E-state index in [1.807, 2.05) is 0 Å². The summed E-state index contributed by atoms with van der Waals surface area (Å²) in [5.41, 5.74) is 0. The number of carbonyl (C=O) groups excluding carboxylic acids is 1. The normalized spacial score (nSPS) is 28.1. The maximum absolute atomic E-state index is 12.4. The van der Waals surface area contributed by atoms with Gasteiger partial charge in [-0.2, -0.15) is 0 Å². The first-order valence-corrected chi connectivity index (χ1v) is 7.86.